The average Bonchev–Trinajstić information content (AvgIpc) is 2.93. The molecule has 3 heterocycles. The van der Waals surface area contributed by atoms with Crippen molar-refractivity contribution in [3.8, 4) is 0 Å². The van der Waals surface area contributed by atoms with Crippen molar-refractivity contribution < 1.29 is 9.32 Å². The SMILES string of the molecule is Cc1cn2cc(C(=O)Nc3cc(C)on3)ccc2n1. The van der Waals surface area contributed by atoms with Gasteiger partial charge in [-0.1, -0.05) is 5.16 Å². The van der Waals surface area contributed by atoms with Gasteiger partial charge in [0.25, 0.3) is 5.91 Å². The Morgan fingerprint density at radius 3 is 2.89 bits per heavy atom. The molecule has 0 bridgehead atoms. The third-order valence-electron chi connectivity index (χ3n) is 2.70. The molecule has 3 rings (SSSR count). The summed E-state index contributed by atoms with van der Waals surface area (Å²) in [5.74, 6) is 0.821. The molecule has 1 amide bonds. The second-order valence-electron chi connectivity index (χ2n) is 4.34. The van der Waals surface area contributed by atoms with Gasteiger partial charge in [0.15, 0.2) is 5.82 Å². The number of anilines is 1. The fraction of sp³-hybridized carbons (Fsp3) is 0.154. The third-order valence-corrected chi connectivity index (χ3v) is 2.70. The fourth-order valence-electron chi connectivity index (χ4n) is 1.87. The molecule has 0 aliphatic rings. The topological polar surface area (TPSA) is 72.4 Å². The van der Waals surface area contributed by atoms with Gasteiger partial charge in [-0.3, -0.25) is 4.79 Å². The first-order chi connectivity index (χ1) is 9.11. The quantitative estimate of drug-likeness (QED) is 0.762. The van der Waals surface area contributed by atoms with Crippen LogP contribution >= 0.6 is 0 Å². The van der Waals surface area contributed by atoms with E-state index in [2.05, 4.69) is 15.5 Å². The number of nitrogens with one attached hydrogen (secondary N) is 1. The first-order valence-corrected chi connectivity index (χ1v) is 5.82. The highest BCUT2D eigenvalue weighted by molar-refractivity contribution is 6.03. The van der Waals surface area contributed by atoms with Crippen LogP contribution in [0.4, 0.5) is 5.82 Å². The molecule has 0 radical (unpaired) electrons. The maximum Gasteiger partial charge on any atom is 0.258 e. The van der Waals surface area contributed by atoms with E-state index in [0.717, 1.165) is 11.3 Å². The molecule has 0 fully saturated rings. The molecule has 0 saturated carbocycles. The molecular formula is C13H12N4O2. The second kappa shape index (κ2) is 4.24. The molecule has 0 spiro atoms. The minimum Gasteiger partial charge on any atom is -0.360 e. The van der Waals surface area contributed by atoms with Crippen LogP contribution in [0.25, 0.3) is 5.65 Å². The first-order valence-electron chi connectivity index (χ1n) is 5.82. The Hall–Kier alpha value is -2.63. The van der Waals surface area contributed by atoms with Crippen LogP contribution in [0.5, 0.6) is 0 Å². The molecule has 0 aliphatic heterocycles. The highest BCUT2D eigenvalue weighted by Crippen LogP contribution is 2.11. The van der Waals surface area contributed by atoms with Crippen LogP contribution < -0.4 is 5.32 Å². The minimum absolute atomic E-state index is 0.235. The van der Waals surface area contributed by atoms with Crippen molar-refractivity contribution in [1.82, 2.24) is 14.5 Å². The molecule has 19 heavy (non-hydrogen) atoms. The fourth-order valence-corrected chi connectivity index (χ4v) is 1.87. The van der Waals surface area contributed by atoms with Gasteiger partial charge in [-0.05, 0) is 26.0 Å². The normalized spacial score (nSPS) is 10.8. The van der Waals surface area contributed by atoms with E-state index in [4.69, 9.17) is 4.52 Å². The summed E-state index contributed by atoms with van der Waals surface area (Å²) in [6.45, 7) is 3.67. The van der Waals surface area contributed by atoms with Gasteiger partial charge < -0.3 is 14.2 Å². The zero-order chi connectivity index (χ0) is 13.4. The number of amides is 1. The number of aromatic nitrogens is 3. The van der Waals surface area contributed by atoms with E-state index in [1.54, 1.807) is 31.3 Å². The van der Waals surface area contributed by atoms with Gasteiger partial charge in [0.05, 0.1) is 11.3 Å². The van der Waals surface area contributed by atoms with Crippen LogP contribution in [0.1, 0.15) is 21.8 Å². The Morgan fingerprint density at radius 1 is 1.32 bits per heavy atom. The smallest absolute Gasteiger partial charge is 0.258 e. The Balaban J connectivity index is 1.88. The van der Waals surface area contributed by atoms with Crippen LogP contribution in [0, 0.1) is 13.8 Å². The van der Waals surface area contributed by atoms with Gasteiger partial charge >= 0.3 is 0 Å². The van der Waals surface area contributed by atoms with Gasteiger partial charge in [-0.2, -0.15) is 0 Å². The molecule has 3 aromatic heterocycles. The highest BCUT2D eigenvalue weighted by Gasteiger charge is 2.10. The Morgan fingerprint density at radius 2 is 2.16 bits per heavy atom. The van der Waals surface area contributed by atoms with Crippen LogP contribution in [0.3, 0.4) is 0 Å². The number of hydrogen-bond acceptors (Lipinski definition) is 4. The molecule has 0 aliphatic carbocycles. The molecule has 96 valence electrons. The summed E-state index contributed by atoms with van der Waals surface area (Å²) >= 11 is 0. The van der Waals surface area contributed by atoms with Crippen molar-refractivity contribution in [2.45, 2.75) is 13.8 Å². The van der Waals surface area contributed by atoms with E-state index in [-0.39, 0.29) is 5.91 Å². The second-order valence-corrected chi connectivity index (χ2v) is 4.34. The van der Waals surface area contributed by atoms with E-state index in [9.17, 15) is 4.79 Å². The monoisotopic (exact) mass is 256 g/mol. The Bertz CT molecular complexity index is 757. The van der Waals surface area contributed by atoms with E-state index in [0.29, 0.717) is 17.1 Å². The van der Waals surface area contributed by atoms with Crippen molar-refractivity contribution in [2.24, 2.45) is 0 Å². The summed E-state index contributed by atoms with van der Waals surface area (Å²) in [6.07, 6.45) is 3.60. The summed E-state index contributed by atoms with van der Waals surface area (Å²) in [4.78, 5) is 16.4. The summed E-state index contributed by atoms with van der Waals surface area (Å²) in [6, 6.07) is 5.19. The molecule has 0 aromatic carbocycles. The predicted molar refractivity (Wildman–Crippen MR) is 69.1 cm³/mol. The lowest BCUT2D eigenvalue weighted by atomic mass is 10.2. The number of aryl methyl sites for hydroxylation is 2. The number of hydrogen-bond donors (Lipinski definition) is 1. The van der Waals surface area contributed by atoms with E-state index < -0.39 is 0 Å². The zero-order valence-electron chi connectivity index (χ0n) is 10.5. The number of rotatable bonds is 2. The molecule has 0 atom stereocenters. The molecule has 6 heteroatoms. The van der Waals surface area contributed by atoms with Crippen LogP contribution in [0.15, 0.2) is 35.1 Å². The molecule has 0 saturated heterocycles. The predicted octanol–water partition coefficient (Wildman–Crippen LogP) is 2.19. The first kappa shape index (κ1) is 11.5. The lowest BCUT2D eigenvalue weighted by molar-refractivity contribution is 0.102. The lowest BCUT2D eigenvalue weighted by Crippen LogP contribution is -2.12. The Labute approximate surface area is 109 Å². The molecule has 1 N–H and O–H groups in total. The number of fused-ring (bicyclic) bond motifs is 1. The van der Waals surface area contributed by atoms with Gasteiger partial charge in [0, 0.05) is 18.5 Å². The van der Waals surface area contributed by atoms with Gasteiger partial charge in [-0.25, -0.2) is 4.98 Å². The molecule has 0 unspecified atom stereocenters. The maximum atomic E-state index is 12.0. The van der Waals surface area contributed by atoms with Crippen molar-refractivity contribution in [3.05, 3.63) is 47.6 Å². The van der Waals surface area contributed by atoms with E-state index in [1.165, 1.54) is 0 Å². The number of carbonyl (C=O) groups is 1. The standard InChI is InChI=1S/C13H12N4O2/c1-8-6-17-7-10(3-4-12(17)14-8)13(18)15-11-5-9(2)19-16-11/h3-7H,1-2H3,(H,15,16,18). The van der Waals surface area contributed by atoms with E-state index in [1.807, 2.05) is 17.5 Å². The molecular weight excluding hydrogens is 244 g/mol. The number of imidazole rings is 1. The van der Waals surface area contributed by atoms with Gasteiger partial charge in [0.2, 0.25) is 0 Å². The van der Waals surface area contributed by atoms with E-state index >= 15 is 0 Å². The zero-order valence-corrected chi connectivity index (χ0v) is 10.5. The lowest BCUT2D eigenvalue weighted by Gasteiger charge is -2.02. The summed E-state index contributed by atoms with van der Waals surface area (Å²) in [5.41, 5.74) is 2.25. The maximum absolute atomic E-state index is 12.0. The van der Waals surface area contributed by atoms with Crippen molar-refractivity contribution in [2.75, 3.05) is 5.32 Å². The van der Waals surface area contributed by atoms with Crippen LogP contribution in [0.2, 0.25) is 0 Å². The van der Waals surface area contributed by atoms with Crippen molar-refractivity contribution >= 4 is 17.4 Å². The van der Waals surface area contributed by atoms with Gasteiger partial charge in [-0.15, -0.1) is 0 Å². The number of carbonyl (C=O) groups excluding carboxylic acids is 1. The van der Waals surface area contributed by atoms with Crippen LogP contribution in [-0.4, -0.2) is 20.4 Å². The van der Waals surface area contributed by atoms with Gasteiger partial charge in [0.1, 0.15) is 11.4 Å². The average molecular weight is 256 g/mol. The number of nitrogens with zero attached hydrogens (tertiary/aromatic N) is 3. The summed E-state index contributed by atoms with van der Waals surface area (Å²) in [7, 11) is 0. The Kier molecular flexibility index (Phi) is 2.56. The van der Waals surface area contributed by atoms with Crippen molar-refractivity contribution in [3.63, 3.8) is 0 Å². The molecule has 6 nitrogen and oxygen atoms in total. The minimum atomic E-state index is -0.235. The van der Waals surface area contributed by atoms with Crippen molar-refractivity contribution in [1.29, 1.82) is 0 Å². The highest BCUT2D eigenvalue weighted by atomic mass is 16.5. The number of pyridine rings is 1. The largest absolute Gasteiger partial charge is 0.360 e. The summed E-state index contributed by atoms with van der Waals surface area (Å²) < 4.78 is 6.71. The third kappa shape index (κ3) is 2.20. The van der Waals surface area contributed by atoms with Crippen LogP contribution in [-0.2, 0) is 0 Å². The summed E-state index contributed by atoms with van der Waals surface area (Å²) in [5, 5.41) is 6.39. The molecule has 3 aromatic rings.